The number of pyridine rings is 1. The van der Waals surface area contributed by atoms with Crippen LogP contribution in [0.2, 0.25) is 0 Å². The van der Waals surface area contributed by atoms with E-state index in [0.717, 1.165) is 0 Å². The Kier molecular flexibility index (Phi) is 4.66. The van der Waals surface area contributed by atoms with Gasteiger partial charge in [-0.3, -0.25) is 18.8 Å². The van der Waals surface area contributed by atoms with Crippen LogP contribution in [-0.4, -0.2) is 38.8 Å². The van der Waals surface area contributed by atoms with Gasteiger partial charge in [0.2, 0.25) is 0 Å². The summed E-state index contributed by atoms with van der Waals surface area (Å²) in [7, 11) is 0. The fraction of sp³-hybridized carbons (Fsp3) is 0.111. The van der Waals surface area contributed by atoms with E-state index in [4.69, 9.17) is 5.11 Å². The van der Waals surface area contributed by atoms with Crippen molar-refractivity contribution in [3.8, 4) is 0 Å². The molecule has 0 aliphatic heterocycles. The van der Waals surface area contributed by atoms with Crippen molar-refractivity contribution in [1.82, 2.24) is 14.7 Å². The summed E-state index contributed by atoms with van der Waals surface area (Å²) in [5.41, 5.74) is 2.54. The lowest BCUT2D eigenvalue weighted by Gasteiger charge is -2.07. The number of imidazole rings is 1. The van der Waals surface area contributed by atoms with E-state index in [1.807, 2.05) is 18.2 Å². The van der Waals surface area contributed by atoms with Gasteiger partial charge in [0, 0.05) is 17.4 Å². The first-order chi connectivity index (χ1) is 12.5. The van der Waals surface area contributed by atoms with Gasteiger partial charge in [0.15, 0.2) is 0 Å². The standard InChI is InChI=1S/C18H16N4O4/c1-11-16(22-9-3-2-4-14(22)20-11)18(26)21-13-7-5-12(6-8-13)17(25)19-10-15(23)24/h2-9H,10H2,1H3,(H,19,25)(H,21,26)(H,23,24). The molecule has 2 heterocycles. The first-order valence-electron chi connectivity index (χ1n) is 7.81. The molecule has 3 N–H and O–H groups in total. The number of aryl methyl sites for hydroxylation is 1. The lowest BCUT2D eigenvalue weighted by molar-refractivity contribution is -0.135. The SMILES string of the molecule is Cc1nc2ccccn2c1C(=O)Nc1ccc(C(=O)NCC(=O)O)cc1. The van der Waals surface area contributed by atoms with Crippen LogP contribution in [0.5, 0.6) is 0 Å². The van der Waals surface area contributed by atoms with Crippen LogP contribution in [-0.2, 0) is 4.79 Å². The van der Waals surface area contributed by atoms with Gasteiger partial charge in [-0.15, -0.1) is 0 Å². The maximum Gasteiger partial charge on any atom is 0.322 e. The van der Waals surface area contributed by atoms with E-state index in [0.29, 0.717) is 28.3 Å². The lowest BCUT2D eigenvalue weighted by Crippen LogP contribution is -2.29. The maximum atomic E-state index is 12.6. The van der Waals surface area contributed by atoms with Crippen molar-refractivity contribution < 1.29 is 19.5 Å². The average molecular weight is 352 g/mol. The Balaban J connectivity index is 1.74. The normalized spacial score (nSPS) is 10.5. The second-order valence-electron chi connectivity index (χ2n) is 5.58. The van der Waals surface area contributed by atoms with Gasteiger partial charge in [0.1, 0.15) is 17.9 Å². The molecule has 0 radical (unpaired) electrons. The fourth-order valence-corrected chi connectivity index (χ4v) is 2.54. The van der Waals surface area contributed by atoms with E-state index in [1.54, 1.807) is 29.7 Å². The number of fused-ring (bicyclic) bond motifs is 1. The number of carboxylic acids is 1. The number of anilines is 1. The zero-order chi connectivity index (χ0) is 18.7. The van der Waals surface area contributed by atoms with Crippen LogP contribution in [0, 0.1) is 6.92 Å². The molecule has 0 unspecified atom stereocenters. The van der Waals surface area contributed by atoms with Crippen molar-refractivity contribution in [3.05, 3.63) is 65.6 Å². The van der Waals surface area contributed by atoms with Crippen LogP contribution in [0.25, 0.3) is 5.65 Å². The van der Waals surface area contributed by atoms with Crippen LogP contribution in [0.15, 0.2) is 48.7 Å². The molecular formula is C18H16N4O4. The van der Waals surface area contributed by atoms with Gasteiger partial charge >= 0.3 is 5.97 Å². The number of aromatic nitrogens is 2. The summed E-state index contributed by atoms with van der Waals surface area (Å²) in [5, 5.41) is 13.6. The molecule has 0 saturated heterocycles. The molecule has 3 rings (SSSR count). The molecular weight excluding hydrogens is 336 g/mol. The number of carboxylic acid groups (broad SMARTS) is 1. The van der Waals surface area contributed by atoms with Crippen LogP contribution in [0.4, 0.5) is 5.69 Å². The molecule has 8 heteroatoms. The lowest BCUT2D eigenvalue weighted by atomic mass is 10.2. The topological polar surface area (TPSA) is 113 Å². The van der Waals surface area contributed by atoms with Gasteiger partial charge in [0.25, 0.3) is 11.8 Å². The number of nitrogens with zero attached hydrogens (tertiary/aromatic N) is 2. The van der Waals surface area contributed by atoms with Crippen LogP contribution < -0.4 is 10.6 Å². The van der Waals surface area contributed by atoms with E-state index >= 15 is 0 Å². The van der Waals surface area contributed by atoms with Crippen molar-refractivity contribution >= 4 is 29.1 Å². The van der Waals surface area contributed by atoms with Crippen LogP contribution >= 0.6 is 0 Å². The molecule has 132 valence electrons. The zero-order valence-electron chi connectivity index (χ0n) is 13.9. The molecule has 26 heavy (non-hydrogen) atoms. The monoisotopic (exact) mass is 352 g/mol. The number of amides is 2. The summed E-state index contributed by atoms with van der Waals surface area (Å²) in [6.07, 6.45) is 1.76. The van der Waals surface area contributed by atoms with E-state index in [1.165, 1.54) is 12.1 Å². The summed E-state index contributed by atoms with van der Waals surface area (Å²) in [6.45, 7) is 1.31. The predicted octanol–water partition coefficient (Wildman–Crippen LogP) is 1.71. The third kappa shape index (κ3) is 3.54. The van der Waals surface area contributed by atoms with E-state index in [-0.39, 0.29) is 5.91 Å². The maximum absolute atomic E-state index is 12.6. The second kappa shape index (κ2) is 7.06. The average Bonchev–Trinajstić information content (AvgIpc) is 2.96. The van der Waals surface area contributed by atoms with Gasteiger partial charge in [-0.25, -0.2) is 4.98 Å². The van der Waals surface area contributed by atoms with Crippen molar-refractivity contribution in [2.75, 3.05) is 11.9 Å². The highest BCUT2D eigenvalue weighted by molar-refractivity contribution is 6.04. The van der Waals surface area contributed by atoms with E-state index in [9.17, 15) is 14.4 Å². The van der Waals surface area contributed by atoms with Gasteiger partial charge in [-0.1, -0.05) is 6.07 Å². The molecule has 0 spiro atoms. The number of nitrogens with one attached hydrogen (secondary N) is 2. The first kappa shape index (κ1) is 17.2. The zero-order valence-corrected chi connectivity index (χ0v) is 13.9. The molecule has 2 aromatic heterocycles. The number of aliphatic carboxylic acids is 1. The van der Waals surface area contributed by atoms with E-state index in [2.05, 4.69) is 15.6 Å². The summed E-state index contributed by atoms with van der Waals surface area (Å²) in [6, 6.07) is 11.6. The Morgan fingerprint density at radius 1 is 1.08 bits per heavy atom. The van der Waals surface area contributed by atoms with Gasteiger partial charge in [-0.2, -0.15) is 0 Å². The third-order valence-electron chi connectivity index (χ3n) is 3.72. The largest absolute Gasteiger partial charge is 0.480 e. The summed E-state index contributed by atoms with van der Waals surface area (Å²) in [5.74, 6) is -1.93. The molecule has 3 aromatic rings. The Labute approximate surface area is 148 Å². The smallest absolute Gasteiger partial charge is 0.322 e. The fourth-order valence-electron chi connectivity index (χ4n) is 2.54. The Morgan fingerprint density at radius 2 is 1.81 bits per heavy atom. The second-order valence-corrected chi connectivity index (χ2v) is 5.58. The Hall–Kier alpha value is -3.68. The minimum absolute atomic E-state index is 0.301. The number of benzene rings is 1. The van der Waals surface area contributed by atoms with Gasteiger partial charge in [0.05, 0.1) is 5.69 Å². The highest BCUT2D eigenvalue weighted by Gasteiger charge is 2.16. The van der Waals surface area contributed by atoms with Crippen LogP contribution in [0.3, 0.4) is 0 Å². The first-order valence-corrected chi connectivity index (χ1v) is 7.81. The number of carbonyl (C=O) groups excluding carboxylic acids is 2. The van der Waals surface area contributed by atoms with Crippen LogP contribution in [0.1, 0.15) is 26.5 Å². The summed E-state index contributed by atoms with van der Waals surface area (Å²) in [4.78, 5) is 39.2. The quantitative estimate of drug-likeness (QED) is 0.647. The molecule has 8 nitrogen and oxygen atoms in total. The highest BCUT2D eigenvalue weighted by Crippen LogP contribution is 2.15. The highest BCUT2D eigenvalue weighted by atomic mass is 16.4. The molecule has 0 aliphatic rings. The van der Waals surface area contributed by atoms with E-state index < -0.39 is 18.4 Å². The minimum atomic E-state index is -1.12. The molecule has 0 bridgehead atoms. The number of carbonyl (C=O) groups is 3. The van der Waals surface area contributed by atoms with Gasteiger partial charge in [-0.05, 0) is 43.3 Å². The molecule has 2 amide bonds. The molecule has 0 fully saturated rings. The van der Waals surface area contributed by atoms with Crippen molar-refractivity contribution in [2.24, 2.45) is 0 Å². The van der Waals surface area contributed by atoms with Crippen molar-refractivity contribution in [2.45, 2.75) is 6.92 Å². The number of rotatable bonds is 5. The molecule has 1 aromatic carbocycles. The Bertz CT molecular complexity index is 992. The van der Waals surface area contributed by atoms with Crippen molar-refractivity contribution in [3.63, 3.8) is 0 Å². The molecule has 0 aliphatic carbocycles. The molecule has 0 atom stereocenters. The third-order valence-corrected chi connectivity index (χ3v) is 3.72. The summed E-state index contributed by atoms with van der Waals surface area (Å²) < 4.78 is 1.71. The van der Waals surface area contributed by atoms with Crippen molar-refractivity contribution in [1.29, 1.82) is 0 Å². The van der Waals surface area contributed by atoms with Gasteiger partial charge < -0.3 is 15.7 Å². The minimum Gasteiger partial charge on any atom is -0.480 e. The Morgan fingerprint density at radius 3 is 2.50 bits per heavy atom. The summed E-state index contributed by atoms with van der Waals surface area (Å²) >= 11 is 0. The number of hydrogen-bond acceptors (Lipinski definition) is 4. The number of hydrogen-bond donors (Lipinski definition) is 3. The molecule has 0 saturated carbocycles. The predicted molar refractivity (Wildman–Crippen MR) is 94.3 cm³/mol.